The maximum Gasteiger partial charge on any atom is 0.0695 e. The molecule has 2 heteroatoms. The molecule has 0 heterocycles. The average molecular weight is 296 g/mol. The third-order valence-electron chi connectivity index (χ3n) is 5.78. The fourth-order valence-corrected chi connectivity index (χ4v) is 4.40. The van der Waals surface area contributed by atoms with Crippen molar-refractivity contribution < 1.29 is 5.11 Å². The van der Waals surface area contributed by atoms with E-state index in [4.69, 9.17) is 0 Å². The molecule has 2 aliphatic rings. The summed E-state index contributed by atoms with van der Waals surface area (Å²) in [6.07, 6.45) is 18.6. The molecule has 0 spiro atoms. The van der Waals surface area contributed by atoms with Crippen molar-refractivity contribution in [3.05, 3.63) is 0 Å². The van der Waals surface area contributed by atoms with Crippen LogP contribution in [0.4, 0.5) is 0 Å². The lowest BCUT2D eigenvalue weighted by atomic mass is 9.94. The smallest absolute Gasteiger partial charge is 0.0695 e. The second-order valence-corrected chi connectivity index (χ2v) is 7.63. The Bertz CT molecular complexity index is 262. The molecule has 0 radical (unpaired) electrons. The minimum atomic E-state index is -0.101. The van der Waals surface area contributed by atoms with Gasteiger partial charge in [0, 0.05) is 12.6 Å². The molecule has 0 saturated heterocycles. The zero-order valence-corrected chi connectivity index (χ0v) is 14.2. The van der Waals surface area contributed by atoms with Crippen LogP contribution in [0, 0.1) is 5.92 Å². The van der Waals surface area contributed by atoms with Gasteiger partial charge in [-0.15, -0.1) is 0 Å². The van der Waals surface area contributed by atoms with Gasteiger partial charge in [-0.25, -0.2) is 0 Å². The predicted molar refractivity (Wildman–Crippen MR) is 90.6 cm³/mol. The van der Waals surface area contributed by atoms with Crippen molar-refractivity contribution in [2.75, 3.05) is 13.6 Å². The summed E-state index contributed by atoms with van der Waals surface area (Å²) in [7, 11) is 2.26. The van der Waals surface area contributed by atoms with Crippen molar-refractivity contribution >= 4 is 0 Å². The van der Waals surface area contributed by atoms with Gasteiger partial charge in [-0.1, -0.05) is 64.2 Å². The van der Waals surface area contributed by atoms with Gasteiger partial charge >= 0.3 is 0 Å². The number of aliphatic hydroxyl groups excluding tert-OH is 1. The summed E-state index contributed by atoms with van der Waals surface area (Å²) in [5, 5.41) is 10.7. The lowest BCUT2D eigenvalue weighted by Gasteiger charge is -2.34. The van der Waals surface area contributed by atoms with Crippen molar-refractivity contribution in [3.8, 4) is 0 Å². The Morgan fingerprint density at radius 1 is 0.714 bits per heavy atom. The summed E-state index contributed by atoms with van der Waals surface area (Å²) in [6.45, 7) is 1.21. The normalized spacial score (nSPS) is 31.0. The van der Waals surface area contributed by atoms with Crippen LogP contribution in [0.25, 0.3) is 0 Å². The summed E-state index contributed by atoms with van der Waals surface area (Å²) in [5.41, 5.74) is 0. The molecule has 2 rings (SSSR count). The fraction of sp³-hybridized carbons (Fsp3) is 1.00. The molecular formula is C19H37NO. The molecule has 1 N–H and O–H groups in total. The summed E-state index contributed by atoms with van der Waals surface area (Å²) in [5.74, 6) is 0.892. The molecule has 2 unspecified atom stereocenters. The molecule has 0 bridgehead atoms. The quantitative estimate of drug-likeness (QED) is 0.812. The van der Waals surface area contributed by atoms with Gasteiger partial charge in [0.15, 0.2) is 0 Å². The highest BCUT2D eigenvalue weighted by atomic mass is 16.3. The molecule has 0 aromatic rings. The van der Waals surface area contributed by atoms with Crippen molar-refractivity contribution in [3.63, 3.8) is 0 Å². The van der Waals surface area contributed by atoms with Gasteiger partial charge in [0.1, 0.15) is 0 Å². The highest BCUT2D eigenvalue weighted by Gasteiger charge is 2.26. The highest BCUT2D eigenvalue weighted by Crippen LogP contribution is 2.27. The van der Waals surface area contributed by atoms with Crippen molar-refractivity contribution in [1.29, 1.82) is 0 Å². The van der Waals surface area contributed by atoms with E-state index in [0.29, 0.717) is 6.04 Å². The van der Waals surface area contributed by atoms with E-state index < -0.39 is 0 Å². The van der Waals surface area contributed by atoms with Crippen LogP contribution >= 0.6 is 0 Å². The molecule has 0 aliphatic heterocycles. The van der Waals surface area contributed by atoms with E-state index in [-0.39, 0.29) is 6.10 Å². The van der Waals surface area contributed by atoms with Crippen LogP contribution in [0.5, 0.6) is 0 Å². The highest BCUT2D eigenvalue weighted by molar-refractivity contribution is 4.80. The number of aliphatic hydroxyl groups is 1. The van der Waals surface area contributed by atoms with Crippen molar-refractivity contribution in [2.45, 2.75) is 102 Å². The minimum absolute atomic E-state index is 0.101. The van der Waals surface area contributed by atoms with Crippen LogP contribution in [-0.4, -0.2) is 35.7 Å². The van der Waals surface area contributed by atoms with Gasteiger partial charge < -0.3 is 10.0 Å². The number of nitrogens with zero attached hydrogens (tertiary/aromatic N) is 1. The van der Waals surface area contributed by atoms with Crippen LogP contribution in [0.15, 0.2) is 0 Å². The van der Waals surface area contributed by atoms with Gasteiger partial charge in [0.05, 0.1) is 6.10 Å². The Morgan fingerprint density at radius 2 is 1.19 bits per heavy atom. The molecule has 0 aromatic heterocycles. The first-order valence-corrected chi connectivity index (χ1v) is 9.65. The van der Waals surface area contributed by atoms with Gasteiger partial charge in [-0.3, -0.25) is 0 Å². The Morgan fingerprint density at radius 3 is 1.81 bits per heavy atom. The lowest BCUT2D eigenvalue weighted by Crippen LogP contribution is -2.43. The van der Waals surface area contributed by atoms with Gasteiger partial charge in [0.25, 0.3) is 0 Å². The third kappa shape index (κ3) is 6.28. The molecule has 124 valence electrons. The number of hydrogen-bond donors (Lipinski definition) is 1. The van der Waals surface area contributed by atoms with E-state index in [1.807, 2.05) is 0 Å². The SMILES string of the molecule is CN(CC1CCCC1)C1CCCCCCCCCCC1O. The van der Waals surface area contributed by atoms with Gasteiger partial charge in [-0.05, 0) is 38.6 Å². The Labute approximate surface area is 132 Å². The maximum atomic E-state index is 10.7. The summed E-state index contributed by atoms with van der Waals surface area (Å²) >= 11 is 0. The molecule has 0 aromatic carbocycles. The standard InChI is InChI=1S/C19H37NO/c1-20(16-17-12-10-11-13-17)18-14-8-6-4-2-3-5-7-9-15-19(18)21/h17-19,21H,2-16H2,1H3. The summed E-state index contributed by atoms with van der Waals surface area (Å²) < 4.78 is 0. The van der Waals surface area contributed by atoms with E-state index in [1.54, 1.807) is 0 Å². The first-order chi connectivity index (χ1) is 10.3. The van der Waals surface area contributed by atoms with E-state index in [0.717, 1.165) is 12.3 Å². The van der Waals surface area contributed by atoms with E-state index in [1.165, 1.54) is 90.0 Å². The molecule has 2 aliphatic carbocycles. The fourth-order valence-electron chi connectivity index (χ4n) is 4.40. The Balaban J connectivity index is 1.83. The maximum absolute atomic E-state index is 10.7. The lowest BCUT2D eigenvalue weighted by molar-refractivity contribution is 0.0415. The number of likely N-dealkylation sites (N-methyl/N-ethyl adjacent to an activating group) is 1. The van der Waals surface area contributed by atoms with Crippen LogP contribution < -0.4 is 0 Å². The molecular weight excluding hydrogens is 258 g/mol. The molecule has 2 atom stereocenters. The zero-order chi connectivity index (χ0) is 14.9. The Hall–Kier alpha value is -0.0800. The molecule has 2 nitrogen and oxygen atoms in total. The van der Waals surface area contributed by atoms with Crippen molar-refractivity contribution in [2.24, 2.45) is 5.92 Å². The first kappa shape index (κ1) is 17.3. The van der Waals surface area contributed by atoms with E-state index in [9.17, 15) is 5.11 Å². The molecule has 21 heavy (non-hydrogen) atoms. The molecule has 2 fully saturated rings. The Kier molecular flexibility index (Phi) is 8.10. The zero-order valence-electron chi connectivity index (χ0n) is 14.2. The predicted octanol–water partition coefficient (Wildman–Crippen LogP) is 4.75. The van der Waals surface area contributed by atoms with Crippen LogP contribution in [0.3, 0.4) is 0 Å². The largest absolute Gasteiger partial charge is 0.391 e. The second kappa shape index (κ2) is 9.84. The van der Waals surface area contributed by atoms with Crippen LogP contribution in [0.1, 0.15) is 89.9 Å². The average Bonchev–Trinajstić information content (AvgIpc) is 2.95. The number of rotatable bonds is 3. The first-order valence-electron chi connectivity index (χ1n) is 9.65. The molecule has 2 saturated carbocycles. The minimum Gasteiger partial charge on any atom is -0.391 e. The van der Waals surface area contributed by atoms with Gasteiger partial charge in [-0.2, -0.15) is 0 Å². The van der Waals surface area contributed by atoms with E-state index in [2.05, 4.69) is 11.9 Å². The summed E-state index contributed by atoms with van der Waals surface area (Å²) in [6, 6.07) is 0.407. The van der Waals surface area contributed by atoms with Crippen LogP contribution in [0.2, 0.25) is 0 Å². The molecule has 0 amide bonds. The van der Waals surface area contributed by atoms with Crippen LogP contribution in [-0.2, 0) is 0 Å². The number of hydrogen-bond acceptors (Lipinski definition) is 2. The van der Waals surface area contributed by atoms with Crippen molar-refractivity contribution in [1.82, 2.24) is 4.90 Å². The van der Waals surface area contributed by atoms with Gasteiger partial charge in [0.2, 0.25) is 0 Å². The summed E-state index contributed by atoms with van der Waals surface area (Å²) in [4.78, 5) is 2.51. The monoisotopic (exact) mass is 295 g/mol. The second-order valence-electron chi connectivity index (χ2n) is 7.63. The topological polar surface area (TPSA) is 23.5 Å². The van der Waals surface area contributed by atoms with E-state index >= 15 is 0 Å². The third-order valence-corrected chi connectivity index (χ3v) is 5.78.